The summed E-state index contributed by atoms with van der Waals surface area (Å²) in [5, 5.41) is 3.46. The molecule has 1 aromatic rings. The van der Waals surface area contributed by atoms with Gasteiger partial charge in [0, 0.05) is 18.1 Å². The molecule has 1 N–H and O–H groups in total. The van der Waals surface area contributed by atoms with Crippen LogP contribution >= 0.6 is 15.9 Å². The van der Waals surface area contributed by atoms with E-state index in [9.17, 15) is 0 Å². The summed E-state index contributed by atoms with van der Waals surface area (Å²) in [5.74, 6) is 0. The van der Waals surface area contributed by atoms with Gasteiger partial charge in [-0.1, -0.05) is 6.07 Å². The fourth-order valence-corrected chi connectivity index (χ4v) is 2.21. The van der Waals surface area contributed by atoms with Gasteiger partial charge >= 0.3 is 0 Å². The molecule has 2 rings (SSSR count). The average molecular weight is 255 g/mol. The van der Waals surface area contributed by atoms with Crippen LogP contribution < -0.4 is 10.2 Å². The van der Waals surface area contributed by atoms with Crippen molar-refractivity contribution in [2.24, 2.45) is 0 Å². The van der Waals surface area contributed by atoms with Crippen LogP contribution in [0.3, 0.4) is 0 Å². The molecule has 0 radical (unpaired) electrons. The van der Waals surface area contributed by atoms with Crippen molar-refractivity contribution >= 4 is 27.3 Å². The Bertz CT molecular complexity index is 360. The summed E-state index contributed by atoms with van der Waals surface area (Å²) in [6, 6.07) is 6.29. The van der Waals surface area contributed by atoms with Crippen molar-refractivity contribution in [3.05, 3.63) is 22.7 Å². The molecular weight excluding hydrogens is 240 g/mol. The third-order valence-electron chi connectivity index (χ3n) is 2.96. The van der Waals surface area contributed by atoms with Crippen LogP contribution in [0.2, 0.25) is 0 Å². The Kier molecular flexibility index (Phi) is 2.22. The van der Waals surface area contributed by atoms with Crippen LogP contribution in [0, 0.1) is 0 Å². The number of fused-ring (bicyclic) bond motifs is 1. The number of nitrogens with one attached hydrogen (secondary N) is 1. The lowest BCUT2D eigenvalue weighted by atomic mass is 9.99. The Balaban J connectivity index is 2.51. The minimum atomic E-state index is 0.174. The summed E-state index contributed by atoms with van der Waals surface area (Å²) in [5.41, 5.74) is 2.64. The highest BCUT2D eigenvalue weighted by atomic mass is 79.9. The number of benzene rings is 1. The summed E-state index contributed by atoms with van der Waals surface area (Å²) in [4.78, 5) is 2.32. The van der Waals surface area contributed by atoms with Crippen molar-refractivity contribution in [1.82, 2.24) is 0 Å². The first-order valence-corrected chi connectivity index (χ1v) is 5.58. The lowest BCUT2D eigenvalue weighted by molar-refractivity contribution is 0.502. The SMILES string of the molecule is CN1c2cccc(Br)c2NCC1(C)C. The van der Waals surface area contributed by atoms with E-state index in [1.807, 2.05) is 0 Å². The van der Waals surface area contributed by atoms with Crippen LogP contribution in [-0.2, 0) is 0 Å². The lowest BCUT2D eigenvalue weighted by Crippen LogP contribution is -2.50. The normalized spacial score (nSPS) is 18.7. The maximum absolute atomic E-state index is 3.56. The zero-order chi connectivity index (χ0) is 10.3. The molecule has 76 valence electrons. The highest BCUT2D eigenvalue weighted by Crippen LogP contribution is 2.39. The molecule has 0 amide bonds. The van der Waals surface area contributed by atoms with E-state index in [0.717, 1.165) is 11.0 Å². The van der Waals surface area contributed by atoms with E-state index in [1.54, 1.807) is 0 Å². The molecule has 0 aromatic heterocycles. The second kappa shape index (κ2) is 3.16. The molecule has 0 fully saturated rings. The van der Waals surface area contributed by atoms with Gasteiger partial charge < -0.3 is 10.2 Å². The first kappa shape index (κ1) is 9.84. The van der Waals surface area contributed by atoms with E-state index in [2.05, 4.69) is 65.2 Å². The molecule has 1 aliphatic heterocycles. The Hall–Kier alpha value is -0.700. The quantitative estimate of drug-likeness (QED) is 0.766. The fourth-order valence-electron chi connectivity index (χ4n) is 1.72. The summed E-state index contributed by atoms with van der Waals surface area (Å²) in [7, 11) is 2.14. The number of likely N-dealkylation sites (N-methyl/N-ethyl adjacent to an activating group) is 1. The number of hydrogen-bond donors (Lipinski definition) is 1. The van der Waals surface area contributed by atoms with Gasteiger partial charge in [-0.3, -0.25) is 0 Å². The van der Waals surface area contributed by atoms with E-state index in [4.69, 9.17) is 0 Å². The fraction of sp³-hybridized carbons (Fsp3) is 0.455. The largest absolute Gasteiger partial charge is 0.380 e. The minimum absolute atomic E-state index is 0.174. The van der Waals surface area contributed by atoms with Crippen molar-refractivity contribution in [2.75, 3.05) is 23.8 Å². The second-order valence-corrected chi connectivity index (χ2v) is 5.21. The molecule has 0 bridgehead atoms. The van der Waals surface area contributed by atoms with Gasteiger partial charge in [0.25, 0.3) is 0 Å². The first-order valence-electron chi connectivity index (χ1n) is 4.78. The topological polar surface area (TPSA) is 15.3 Å². The number of para-hydroxylation sites is 1. The van der Waals surface area contributed by atoms with E-state index in [0.29, 0.717) is 0 Å². The van der Waals surface area contributed by atoms with Gasteiger partial charge in [0.1, 0.15) is 0 Å². The number of rotatable bonds is 0. The highest BCUT2D eigenvalue weighted by molar-refractivity contribution is 9.10. The summed E-state index contributed by atoms with van der Waals surface area (Å²) in [6.45, 7) is 5.45. The summed E-state index contributed by atoms with van der Waals surface area (Å²) >= 11 is 3.56. The maximum atomic E-state index is 3.56. The van der Waals surface area contributed by atoms with Crippen molar-refractivity contribution < 1.29 is 0 Å². The molecule has 14 heavy (non-hydrogen) atoms. The van der Waals surface area contributed by atoms with Gasteiger partial charge in [-0.05, 0) is 41.9 Å². The van der Waals surface area contributed by atoms with Crippen LogP contribution in [-0.4, -0.2) is 19.1 Å². The molecule has 2 nitrogen and oxygen atoms in total. The monoisotopic (exact) mass is 254 g/mol. The highest BCUT2D eigenvalue weighted by Gasteiger charge is 2.30. The molecule has 0 atom stereocenters. The average Bonchev–Trinajstić information content (AvgIpc) is 2.13. The van der Waals surface area contributed by atoms with Gasteiger partial charge in [-0.15, -0.1) is 0 Å². The van der Waals surface area contributed by atoms with E-state index in [1.165, 1.54) is 11.4 Å². The predicted molar refractivity (Wildman–Crippen MR) is 65.1 cm³/mol. The number of hydrogen-bond acceptors (Lipinski definition) is 2. The number of nitrogens with zero attached hydrogens (tertiary/aromatic N) is 1. The van der Waals surface area contributed by atoms with Gasteiger partial charge in [0.05, 0.1) is 16.9 Å². The van der Waals surface area contributed by atoms with E-state index < -0.39 is 0 Å². The van der Waals surface area contributed by atoms with Crippen molar-refractivity contribution in [2.45, 2.75) is 19.4 Å². The van der Waals surface area contributed by atoms with E-state index in [-0.39, 0.29) is 5.54 Å². The molecule has 3 heteroatoms. The smallest absolute Gasteiger partial charge is 0.0723 e. The second-order valence-electron chi connectivity index (χ2n) is 4.36. The molecule has 0 saturated carbocycles. The van der Waals surface area contributed by atoms with Crippen molar-refractivity contribution in [1.29, 1.82) is 0 Å². The third kappa shape index (κ3) is 1.40. The van der Waals surface area contributed by atoms with Crippen LogP contribution in [0.25, 0.3) is 0 Å². The Labute approximate surface area is 93.4 Å². The zero-order valence-corrected chi connectivity index (χ0v) is 10.4. The number of anilines is 2. The van der Waals surface area contributed by atoms with Crippen molar-refractivity contribution in [3.8, 4) is 0 Å². The van der Waals surface area contributed by atoms with Crippen LogP contribution in [0.15, 0.2) is 22.7 Å². The van der Waals surface area contributed by atoms with Gasteiger partial charge in [0.15, 0.2) is 0 Å². The zero-order valence-electron chi connectivity index (χ0n) is 8.76. The third-order valence-corrected chi connectivity index (χ3v) is 3.62. The Morgan fingerprint density at radius 1 is 1.43 bits per heavy atom. The first-order chi connectivity index (χ1) is 6.52. The predicted octanol–water partition coefficient (Wildman–Crippen LogP) is 3.09. The molecule has 0 unspecified atom stereocenters. The van der Waals surface area contributed by atoms with Crippen LogP contribution in [0.5, 0.6) is 0 Å². The van der Waals surface area contributed by atoms with Crippen LogP contribution in [0.4, 0.5) is 11.4 Å². The van der Waals surface area contributed by atoms with Gasteiger partial charge in [0.2, 0.25) is 0 Å². The van der Waals surface area contributed by atoms with Gasteiger partial charge in [-0.2, -0.15) is 0 Å². The van der Waals surface area contributed by atoms with Crippen molar-refractivity contribution in [3.63, 3.8) is 0 Å². The van der Waals surface area contributed by atoms with Crippen LogP contribution in [0.1, 0.15) is 13.8 Å². The Morgan fingerprint density at radius 3 is 2.86 bits per heavy atom. The molecule has 0 spiro atoms. The molecule has 1 heterocycles. The molecule has 0 aliphatic carbocycles. The molecule has 1 aliphatic rings. The van der Waals surface area contributed by atoms with Gasteiger partial charge in [-0.25, -0.2) is 0 Å². The maximum Gasteiger partial charge on any atom is 0.0723 e. The summed E-state index contributed by atoms with van der Waals surface area (Å²) in [6.07, 6.45) is 0. The Morgan fingerprint density at radius 2 is 2.14 bits per heavy atom. The standard InChI is InChI=1S/C11H15BrN2/c1-11(2)7-13-10-8(12)5-4-6-9(10)14(11)3/h4-6,13H,7H2,1-3H3. The van der Waals surface area contributed by atoms with E-state index >= 15 is 0 Å². The lowest BCUT2D eigenvalue weighted by Gasteiger charge is -2.43. The number of halogens is 1. The molecular formula is C11H15BrN2. The summed E-state index contributed by atoms with van der Waals surface area (Å²) < 4.78 is 1.14. The molecule has 0 saturated heterocycles. The molecule has 1 aromatic carbocycles. The minimum Gasteiger partial charge on any atom is -0.380 e.